The van der Waals surface area contributed by atoms with Crippen molar-refractivity contribution in [3.63, 3.8) is 0 Å². The Morgan fingerprint density at radius 1 is 1.00 bits per heavy atom. The van der Waals surface area contributed by atoms with Gasteiger partial charge in [-0.15, -0.1) is 0 Å². The van der Waals surface area contributed by atoms with Gasteiger partial charge in [0, 0.05) is 152 Å². The molecule has 16 heteroatoms. The summed E-state index contributed by atoms with van der Waals surface area (Å²) < 4.78 is 20.1. The molecule has 0 radical (unpaired) electrons. The molecule has 2 saturated heterocycles. The fourth-order valence-electron chi connectivity index (χ4n) is 11.1. The van der Waals surface area contributed by atoms with Crippen molar-refractivity contribution in [1.29, 1.82) is 0 Å². The fraction of sp³-hybridized carbons (Fsp3) is 0.474. The van der Waals surface area contributed by atoms with E-state index in [1.165, 1.54) is 17.3 Å². The van der Waals surface area contributed by atoms with Gasteiger partial charge in [0.05, 0.1) is 11.0 Å². The number of pyridine rings is 2. The number of carbonyl (C=O) groups is 3. The van der Waals surface area contributed by atoms with Crippen LogP contribution in [0.25, 0.3) is 38.8 Å². The highest BCUT2D eigenvalue weighted by Crippen LogP contribution is 2.36. The van der Waals surface area contributed by atoms with Crippen LogP contribution >= 0.6 is 0 Å². The zero-order chi connectivity index (χ0) is 51.8. The quantitative estimate of drug-likeness (QED) is 0.0639. The van der Waals surface area contributed by atoms with Crippen LogP contribution in [0.2, 0.25) is 0 Å². The molecule has 2 unspecified atom stereocenters. The molecule has 2 aromatic carbocycles. The third-order valence-electron chi connectivity index (χ3n) is 15.3. The van der Waals surface area contributed by atoms with Gasteiger partial charge in [0.25, 0.3) is 5.91 Å². The molecule has 2 amide bonds. The highest BCUT2D eigenvalue weighted by atomic mass is 19.1. The van der Waals surface area contributed by atoms with Gasteiger partial charge < -0.3 is 29.9 Å². The molecular formula is C57H74FN11O4. The van der Waals surface area contributed by atoms with Crippen LogP contribution in [0.3, 0.4) is 0 Å². The van der Waals surface area contributed by atoms with Crippen molar-refractivity contribution in [2.75, 3.05) is 71.8 Å². The van der Waals surface area contributed by atoms with Crippen LogP contribution in [0.5, 0.6) is 0 Å². The molecule has 7 heterocycles. The SMILES string of the molecule is CCCn1c(=O)[nH]c2ccc(CN3CCN(CC4CCN(C(=O)c5cc(C)c(C6=CCN(C(C)c7cc8c(-c9ccc(NC)nc9)ccnc8n7C)CC6)c(F)c5)CC4)C(C)C3)cc21.CNC(=O)CCCC=O. The number of nitrogens with zero attached hydrogens (tertiary/aromatic N) is 8. The summed E-state index contributed by atoms with van der Waals surface area (Å²) in [6.07, 6.45) is 11.9. The van der Waals surface area contributed by atoms with Crippen molar-refractivity contribution < 1.29 is 18.8 Å². The first-order chi connectivity index (χ1) is 35.3. The van der Waals surface area contributed by atoms with Gasteiger partial charge in [-0.2, -0.15) is 0 Å². The number of nitrogens with one attached hydrogen (secondary N) is 3. The van der Waals surface area contributed by atoms with Crippen molar-refractivity contribution in [1.82, 2.24) is 49.0 Å². The number of fused-ring (bicyclic) bond motifs is 2. The van der Waals surface area contributed by atoms with Gasteiger partial charge >= 0.3 is 5.69 Å². The molecule has 388 valence electrons. The van der Waals surface area contributed by atoms with Crippen LogP contribution in [-0.2, 0) is 29.7 Å². The third kappa shape index (κ3) is 12.1. The number of halogens is 1. The summed E-state index contributed by atoms with van der Waals surface area (Å²) in [5, 5.41) is 6.65. The highest BCUT2D eigenvalue weighted by Gasteiger charge is 2.31. The Bertz CT molecular complexity index is 2960. The number of imidazole rings is 1. The van der Waals surface area contributed by atoms with Crippen LogP contribution in [-0.4, -0.2) is 134 Å². The van der Waals surface area contributed by atoms with E-state index in [1.807, 2.05) is 54.0 Å². The number of piperidine rings is 1. The minimum atomic E-state index is -0.314. The Morgan fingerprint density at radius 3 is 2.48 bits per heavy atom. The van der Waals surface area contributed by atoms with Crippen molar-refractivity contribution in [3.05, 3.63) is 117 Å². The van der Waals surface area contributed by atoms with Gasteiger partial charge in [0.1, 0.15) is 23.6 Å². The summed E-state index contributed by atoms with van der Waals surface area (Å²) in [6.45, 7) is 17.1. The normalized spacial score (nSPS) is 17.6. The largest absolute Gasteiger partial charge is 0.373 e. The Morgan fingerprint density at radius 2 is 1.81 bits per heavy atom. The topological polar surface area (TPSA) is 157 Å². The lowest BCUT2D eigenvalue weighted by Gasteiger charge is -2.42. The minimum absolute atomic E-state index is 0.00292. The summed E-state index contributed by atoms with van der Waals surface area (Å²) in [4.78, 5) is 68.2. The Labute approximate surface area is 428 Å². The minimum Gasteiger partial charge on any atom is -0.373 e. The second-order valence-electron chi connectivity index (χ2n) is 20.2. The van der Waals surface area contributed by atoms with Crippen molar-refractivity contribution in [2.45, 2.75) is 97.8 Å². The van der Waals surface area contributed by atoms with Gasteiger partial charge in [0.15, 0.2) is 0 Å². The van der Waals surface area contributed by atoms with Gasteiger partial charge in [-0.25, -0.2) is 19.2 Å². The number of rotatable bonds is 16. The zero-order valence-corrected chi connectivity index (χ0v) is 43.8. The molecule has 4 aromatic heterocycles. The Balaban J connectivity index is 0.000000722. The van der Waals surface area contributed by atoms with Crippen LogP contribution in [0.1, 0.15) is 105 Å². The summed E-state index contributed by atoms with van der Waals surface area (Å²) in [5.41, 5.74) is 10.2. The standard InChI is InChI=1S/C51H63FN10O2.C6H11NO2/c1-7-18-62-46-26-37(8-10-44(46)56-51(62)64)31-58-23-24-61(34(3)30-58)32-36-13-19-60(20-14-36)50(63)40-25-33(2)48(43(52)27-40)38-15-21-59(22-16-38)35(4)45-28-42-41(12-17-54-49(42)57(45)6)39-9-11-47(53-5)55-29-39;1-7-6(9)4-2-3-5-8/h8-12,15,17,25-29,34-36H,7,13-14,16,18-24,30-32H2,1-6H3,(H,53,55)(H,56,64);5H,2-4H2,1H3,(H,7,9). The molecule has 2 fully saturated rings. The van der Waals surface area contributed by atoms with Gasteiger partial charge in [-0.3, -0.25) is 28.9 Å². The third-order valence-corrected chi connectivity index (χ3v) is 15.3. The van der Waals surface area contributed by atoms with Gasteiger partial charge in [-0.05, 0) is 130 Å². The number of unbranched alkanes of at least 4 members (excludes halogenated alkanes) is 1. The maximum Gasteiger partial charge on any atom is 0.326 e. The fourth-order valence-corrected chi connectivity index (χ4v) is 11.1. The number of anilines is 1. The molecule has 0 aliphatic carbocycles. The molecule has 3 aliphatic rings. The van der Waals surface area contributed by atoms with Crippen molar-refractivity contribution in [3.8, 4) is 11.1 Å². The van der Waals surface area contributed by atoms with Gasteiger partial charge in [-0.1, -0.05) is 19.1 Å². The molecule has 2 atom stereocenters. The molecule has 15 nitrogen and oxygen atoms in total. The Kier molecular flexibility index (Phi) is 17.4. The first-order valence-electron chi connectivity index (χ1n) is 26.2. The molecule has 3 N–H and O–H groups in total. The molecular weight excluding hydrogens is 922 g/mol. The number of aldehydes is 1. The van der Waals surface area contributed by atoms with Crippen LogP contribution in [0.15, 0.2) is 77.9 Å². The van der Waals surface area contributed by atoms with Crippen LogP contribution in [0.4, 0.5) is 10.2 Å². The van der Waals surface area contributed by atoms with Gasteiger partial charge in [0.2, 0.25) is 5.91 Å². The average Bonchev–Trinajstić information content (AvgIpc) is 3.91. The number of amides is 2. The van der Waals surface area contributed by atoms with E-state index in [2.05, 4.69) is 104 Å². The first-order valence-corrected chi connectivity index (χ1v) is 26.2. The lowest BCUT2D eigenvalue weighted by Crippen LogP contribution is -2.53. The number of aromatic amines is 1. The molecule has 73 heavy (non-hydrogen) atoms. The predicted molar refractivity (Wildman–Crippen MR) is 289 cm³/mol. The number of likely N-dealkylation sites (tertiary alicyclic amines) is 1. The number of aryl methyl sites for hydroxylation is 3. The molecule has 9 rings (SSSR count). The van der Waals surface area contributed by atoms with E-state index in [4.69, 9.17) is 4.98 Å². The average molecular weight is 996 g/mol. The van der Waals surface area contributed by atoms with E-state index in [0.29, 0.717) is 62.0 Å². The van der Waals surface area contributed by atoms with Crippen molar-refractivity contribution in [2.24, 2.45) is 13.0 Å². The molecule has 0 bridgehead atoms. The van der Waals surface area contributed by atoms with Crippen LogP contribution < -0.4 is 16.3 Å². The lowest BCUT2D eigenvalue weighted by molar-refractivity contribution is -0.120. The second kappa shape index (κ2) is 24.0. The maximum atomic E-state index is 16.1. The number of carbonyl (C=O) groups excluding carboxylic acids is 3. The number of H-pyrrole nitrogens is 1. The molecule has 0 spiro atoms. The molecule has 3 aliphatic heterocycles. The summed E-state index contributed by atoms with van der Waals surface area (Å²) >= 11 is 0. The van der Waals surface area contributed by atoms with E-state index < -0.39 is 0 Å². The number of piperazine rings is 1. The molecule has 0 saturated carbocycles. The van der Waals surface area contributed by atoms with Crippen LogP contribution in [0, 0.1) is 18.7 Å². The lowest BCUT2D eigenvalue weighted by atomic mass is 9.92. The number of aromatic nitrogens is 5. The monoisotopic (exact) mass is 996 g/mol. The first kappa shape index (κ1) is 52.8. The van der Waals surface area contributed by atoms with E-state index in [9.17, 15) is 19.2 Å². The van der Waals surface area contributed by atoms with E-state index in [1.54, 1.807) is 7.05 Å². The second-order valence-corrected chi connectivity index (χ2v) is 20.2. The number of hydrogen-bond donors (Lipinski definition) is 3. The maximum absolute atomic E-state index is 16.1. The summed E-state index contributed by atoms with van der Waals surface area (Å²) in [5.74, 6) is 0.964. The predicted octanol–water partition coefficient (Wildman–Crippen LogP) is 8.19. The smallest absolute Gasteiger partial charge is 0.326 e. The summed E-state index contributed by atoms with van der Waals surface area (Å²) in [7, 11) is 5.53. The summed E-state index contributed by atoms with van der Waals surface area (Å²) in [6, 6.07) is 18.6. The van der Waals surface area contributed by atoms with Crippen molar-refractivity contribution >= 4 is 51.6 Å². The highest BCUT2D eigenvalue weighted by molar-refractivity contribution is 5.95. The van der Waals surface area contributed by atoms with E-state index >= 15 is 4.39 Å². The molecule has 6 aromatic rings. The number of benzene rings is 2. The van der Waals surface area contributed by atoms with E-state index in [0.717, 1.165) is 128 Å². The van der Waals surface area contributed by atoms with E-state index in [-0.39, 0.29) is 29.4 Å². The zero-order valence-electron chi connectivity index (χ0n) is 43.8. The Hall–Kier alpha value is -6.49. The number of hydrogen-bond acceptors (Lipinski definition) is 10.